The summed E-state index contributed by atoms with van der Waals surface area (Å²) in [6.45, 7) is 13.5. The Morgan fingerprint density at radius 2 is 1.89 bits per heavy atom. The van der Waals surface area contributed by atoms with Crippen molar-refractivity contribution in [2.24, 2.45) is 17.1 Å². The van der Waals surface area contributed by atoms with Crippen LogP contribution in [0.2, 0.25) is 0 Å². The van der Waals surface area contributed by atoms with Crippen LogP contribution in [0.3, 0.4) is 0 Å². The first-order chi connectivity index (χ1) is 8.66. The summed E-state index contributed by atoms with van der Waals surface area (Å²) >= 11 is 5.13. The highest BCUT2D eigenvalue weighted by molar-refractivity contribution is 7.80. The van der Waals surface area contributed by atoms with Gasteiger partial charge in [0.25, 0.3) is 0 Å². The summed E-state index contributed by atoms with van der Waals surface area (Å²) in [7, 11) is 0. The Balaban J connectivity index is 3.03. The molecule has 1 rings (SSSR count). The molecule has 0 bridgehead atoms. The van der Waals surface area contributed by atoms with Gasteiger partial charge in [-0.15, -0.1) is 5.10 Å². The zero-order valence-electron chi connectivity index (χ0n) is 12.7. The van der Waals surface area contributed by atoms with Gasteiger partial charge in [-0.25, -0.2) is 0 Å². The van der Waals surface area contributed by atoms with Crippen LogP contribution in [0.5, 0.6) is 0 Å². The zero-order valence-corrected chi connectivity index (χ0v) is 13.5. The number of hydrogen-bond acceptors (Lipinski definition) is 4. The Kier molecular flexibility index (Phi) is 4.85. The summed E-state index contributed by atoms with van der Waals surface area (Å²) < 4.78 is 0. The third-order valence-electron chi connectivity index (χ3n) is 3.98. The van der Waals surface area contributed by atoms with E-state index in [-0.39, 0.29) is 5.41 Å². The first kappa shape index (κ1) is 15.8. The summed E-state index contributed by atoms with van der Waals surface area (Å²) in [5.74, 6) is 1.25. The van der Waals surface area contributed by atoms with Gasteiger partial charge in [0, 0.05) is 6.54 Å². The lowest BCUT2D eigenvalue weighted by Crippen LogP contribution is -2.30. The molecule has 3 N–H and O–H groups in total. The van der Waals surface area contributed by atoms with E-state index in [1.807, 2.05) is 13.8 Å². The molecule has 0 aliphatic heterocycles. The standard InChI is InChI=1S/C14H24N4S/c1-8(2)14(5,6)7-16-13-11(12(15)19)9(3)10(4)17-18-13/h8H,7H2,1-6H3,(H2,15,19)(H,16,18). The average Bonchev–Trinajstić information content (AvgIpc) is 2.29. The van der Waals surface area contributed by atoms with Crippen LogP contribution >= 0.6 is 12.2 Å². The molecule has 0 atom stereocenters. The van der Waals surface area contributed by atoms with Crippen LogP contribution in [0, 0.1) is 25.2 Å². The molecular weight excluding hydrogens is 256 g/mol. The fourth-order valence-electron chi connectivity index (χ4n) is 1.55. The molecule has 0 aliphatic rings. The molecule has 0 radical (unpaired) electrons. The van der Waals surface area contributed by atoms with Gasteiger partial charge in [0.2, 0.25) is 0 Å². The van der Waals surface area contributed by atoms with Gasteiger partial charge in [-0.3, -0.25) is 0 Å². The van der Waals surface area contributed by atoms with Crippen molar-refractivity contribution in [3.63, 3.8) is 0 Å². The van der Waals surface area contributed by atoms with Crippen LogP contribution in [0.4, 0.5) is 5.82 Å². The first-order valence-electron chi connectivity index (χ1n) is 6.54. The van der Waals surface area contributed by atoms with Crippen molar-refractivity contribution < 1.29 is 0 Å². The minimum absolute atomic E-state index is 0.161. The topological polar surface area (TPSA) is 63.8 Å². The van der Waals surface area contributed by atoms with E-state index in [1.165, 1.54) is 0 Å². The quantitative estimate of drug-likeness (QED) is 0.812. The number of rotatable bonds is 5. The minimum Gasteiger partial charge on any atom is -0.389 e. The maximum absolute atomic E-state index is 5.81. The summed E-state index contributed by atoms with van der Waals surface area (Å²) in [6, 6.07) is 0. The van der Waals surface area contributed by atoms with Crippen molar-refractivity contribution >= 4 is 23.0 Å². The maximum atomic E-state index is 5.81. The number of aryl methyl sites for hydroxylation is 1. The molecule has 1 aromatic rings. The molecule has 5 heteroatoms. The Labute approximate surface area is 121 Å². The molecule has 0 saturated carbocycles. The third kappa shape index (κ3) is 3.62. The van der Waals surface area contributed by atoms with Crippen molar-refractivity contribution in [3.8, 4) is 0 Å². The number of nitrogens with two attached hydrogens (primary N) is 1. The Bertz CT molecular complexity index is 481. The van der Waals surface area contributed by atoms with Crippen LogP contribution in [-0.2, 0) is 0 Å². The highest BCUT2D eigenvalue weighted by Gasteiger charge is 2.23. The fourth-order valence-corrected chi connectivity index (χ4v) is 1.80. The summed E-state index contributed by atoms with van der Waals surface area (Å²) in [5, 5.41) is 11.7. The molecule has 0 saturated heterocycles. The average molecular weight is 280 g/mol. The van der Waals surface area contributed by atoms with E-state index in [2.05, 4.69) is 43.2 Å². The van der Waals surface area contributed by atoms with E-state index in [0.717, 1.165) is 23.4 Å². The molecule has 0 unspecified atom stereocenters. The van der Waals surface area contributed by atoms with Crippen LogP contribution in [0.15, 0.2) is 0 Å². The van der Waals surface area contributed by atoms with Crippen molar-refractivity contribution in [1.82, 2.24) is 10.2 Å². The van der Waals surface area contributed by atoms with E-state index < -0.39 is 0 Å². The van der Waals surface area contributed by atoms with Gasteiger partial charge in [-0.2, -0.15) is 5.10 Å². The second-order valence-electron chi connectivity index (χ2n) is 6.00. The van der Waals surface area contributed by atoms with Crippen LogP contribution in [0.1, 0.15) is 44.5 Å². The largest absolute Gasteiger partial charge is 0.389 e. The van der Waals surface area contributed by atoms with Crippen molar-refractivity contribution in [1.29, 1.82) is 0 Å². The van der Waals surface area contributed by atoms with Crippen molar-refractivity contribution in [2.45, 2.75) is 41.5 Å². The smallest absolute Gasteiger partial charge is 0.159 e. The van der Waals surface area contributed by atoms with Gasteiger partial charge in [0.05, 0.1) is 11.3 Å². The van der Waals surface area contributed by atoms with Crippen molar-refractivity contribution in [2.75, 3.05) is 11.9 Å². The van der Waals surface area contributed by atoms with Gasteiger partial charge >= 0.3 is 0 Å². The predicted octanol–water partition coefficient (Wildman–Crippen LogP) is 2.82. The van der Waals surface area contributed by atoms with Gasteiger partial charge in [0.15, 0.2) is 5.82 Å². The Morgan fingerprint density at radius 3 is 2.37 bits per heavy atom. The number of anilines is 1. The lowest BCUT2D eigenvalue weighted by molar-refractivity contribution is 0.269. The van der Waals surface area contributed by atoms with Gasteiger partial charge in [0.1, 0.15) is 4.99 Å². The molecule has 4 nitrogen and oxygen atoms in total. The number of nitrogens with one attached hydrogen (secondary N) is 1. The van der Waals surface area contributed by atoms with E-state index in [1.54, 1.807) is 0 Å². The minimum atomic E-state index is 0.161. The predicted molar refractivity (Wildman–Crippen MR) is 84.5 cm³/mol. The molecule has 0 spiro atoms. The zero-order chi connectivity index (χ0) is 14.8. The Hall–Kier alpha value is -1.23. The number of aromatic nitrogens is 2. The maximum Gasteiger partial charge on any atom is 0.159 e. The lowest BCUT2D eigenvalue weighted by Gasteiger charge is -2.30. The molecule has 1 aromatic heterocycles. The van der Waals surface area contributed by atoms with Crippen LogP contribution in [0.25, 0.3) is 0 Å². The van der Waals surface area contributed by atoms with Crippen molar-refractivity contribution in [3.05, 3.63) is 16.8 Å². The molecule has 0 amide bonds. The fraction of sp³-hybridized carbons (Fsp3) is 0.643. The molecule has 0 aliphatic carbocycles. The highest BCUT2D eigenvalue weighted by atomic mass is 32.1. The number of nitrogens with zero attached hydrogens (tertiary/aromatic N) is 2. The second kappa shape index (κ2) is 5.82. The van der Waals surface area contributed by atoms with E-state index in [9.17, 15) is 0 Å². The molecule has 0 fully saturated rings. The summed E-state index contributed by atoms with van der Waals surface area (Å²) in [6.07, 6.45) is 0. The first-order valence-corrected chi connectivity index (χ1v) is 6.95. The van der Waals surface area contributed by atoms with Gasteiger partial charge in [-0.1, -0.05) is 39.9 Å². The molecule has 0 aromatic carbocycles. The van der Waals surface area contributed by atoms with Crippen LogP contribution < -0.4 is 11.1 Å². The molecule has 106 valence electrons. The highest BCUT2D eigenvalue weighted by Crippen LogP contribution is 2.27. The van der Waals surface area contributed by atoms with Gasteiger partial charge < -0.3 is 11.1 Å². The lowest BCUT2D eigenvalue weighted by atomic mass is 9.81. The van der Waals surface area contributed by atoms with E-state index in [0.29, 0.717) is 16.7 Å². The summed E-state index contributed by atoms with van der Waals surface area (Å²) in [5.41, 5.74) is 8.63. The molecular formula is C14H24N4S. The number of hydrogen-bond donors (Lipinski definition) is 2. The third-order valence-corrected chi connectivity index (χ3v) is 4.18. The van der Waals surface area contributed by atoms with Crippen LogP contribution in [-0.4, -0.2) is 21.7 Å². The second-order valence-corrected chi connectivity index (χ2v) is 6.43. The SMILES string of the molecule is Cc1nnc(NCC(C)(C)C(C)C)c(C(N)=S)c1C. The summed E-state index contributed by atoms with van der Waals surface area (Å²) in [4.78, 5) is 0.361. The number of thiocarbonyl (C=S) groups is 1. The van der Waals surface area contributed by atoms with E-state index >= 15 is 0 Å². The Morgan fingerprint density at radius 1 is 1.32 bits per heavy atom. The van der Waals surface area contributed by atoms with Gasteiger partial charge in [-0.05, 0) is 30.7 Å². The normalized spacial score (nSPS) is 11.7. The monoisotopic (exact) mass is 280 g/mol. The molecule has 1 heterocycles. The van der Waals surface area contributed by atoms with E-state index in [4.69, 9.17) is 18.0 Å². The molecule has 19 heavy (non-hydrogen) atoms.